The fourth-order valence-corrected chi connectivity index (χ4v) is 5.11. The summed E-state index contributed by atoms with van der Waals surface area (Å²) in [4.78, 5) is 16.8. The molecule has 0 bridgehead atoms. The van der Waals surface area contributed by atoms with Crippen molar-refractivity contribution < 1.29 is 14.1 Å². The summed E-state index contributed by atoms with van der Waals surface area (Å²) in [6.07, 6.45) is 7.63. The van der Waals surface area contributed by atoms with Crippen molar-refractivity contribution in [3.63, 3.8) is 0 Å². The summed E-state index contributed by atoms with van der Waals surface area (Å²) in [7, 11) is -3.45. The van der Waals surface area contributed by atoms with Gasteiger partial charge in [0.05, 0.1) is 10.6 Å². The molecule has 1 unspecified atom stereocenters. The largest absolute Gasteiger partial charge is 0.384 e. The Morgan fingerprint density at radius 2 is 1.86 bits per heavy atom. The third kappa shape index (κ3) is 3.92. The van der Waals surface area contributed by atoms with E-state index in [0.29, 0.717) is 5.69 Å². The van der Waals surface area contributed by atoms with Crippen LogP contribution in [0.1, 0.15) is 54.6 Å². The lowest BCUT2D eigenvalue weighted by Crippen LogP contribution is -2.20. The van der Waals surface area contributed by atoms with E-state index in [1.807, 2.05) is 6.07 Å². The minimum atomic E-state index is -3.45. The number of amides is 2. The molecule has 2 aromatic rings. The van der Waals surface area contributed by atoms with Crippen molar-refractivity contribution in [2.24, 2.45) is 9.50 Å². The maximum Gasteiger partial charge on any atom is 0.354 e. The Labute approximate surface area is 171 Å². The number of aryl methyl sites for hydroxylation is 1. The molecule has 0 fully saturated rings. The Hall–Kier alpha value is -2.29. The standard InChI is InChI=1S/C21H26N4O3S/c1-21(2,27)19-10-9-14(12-23-19)29(22,28)25-20(26)24-18-11-13-5-3-6-15(13)16-7-4-8-17(16)18/h9-12,27H,3-8H2,1-2H3,(H3,22,24,25,26,28). The zero-order chi connectivity index (χ0) is 20.8. The van der Waals surface area contributed by atoms with Gasteiger partial charge in [-0.3, -0.25) is 4.98 Å². The van der Waals surface area contributed by atoms with Gasteiger partial charge in [-0.25, -0.2) is 14.1 Å². The summed E-state index contributed by atoms with van der Waals surface area (Å²) >= 11 is 0. The van der Waals surface area contributed by atoms with Crippen molar-refractivity contribution in [3.8, 4) is 0 Å². The van der Waals surface area contributed by atoms with Gasteiger partial charge >= 0.3 is 6.03 Å². The van der Waals surface area contributed by atoms with E-state index in [-0.39, 0.29) is 4.90 Å². The number of nitrogens with two attached hydrogens (primary N) is 1. The number of aliphatic hydroxyl groups is 1. The van der Waals surface area contributed by atoms with Crippen molar-refractivity contribution >= 4 is 21.6 Å². The van der Waals surface area contributed by atoms with Gasteiger partial charge in [0.15, 0.2) is 0 Å². The van der Waals surface area contributed by atoms with Crippen LogP contribution < -0.4 is 10.5 Å². The molecular weight excluding hydrogens is 388 g/mol. The number of carbonyl (C=O) groups excluding carboxylic acids is 1. The van der Waals surface area contributed by atoms with E-state index in [9.17, 15) is 14.1 Å². The molecule has 29 heavy (non-hydrogen) atoms. The Balaban J connectivity index is 1.60. The van der Waals surface area contributed by atoms with Crippen molar-refractivity contribution in [2.45, 2.75) is 62.9 Å². The molecule has 1 aromatic heterocycles. The highest BCUT2D eigenvalue weighted by Crippen LogP contribution is 2.38. The number of pyridine rings is 1. The second-order valence-corrected chi connectivity index (χ2v) is 10.0. The van der Waals surface area contributed by atoms with Crippen LogP contribution in [-0.2, 0) is 41.2 Å². The van der Waals surface area contributed by atoms with Gasteiger partial charge in [-0.1, -0.05) is 0 Å². The van der Waals surface area contributed by atoms with Gasteiger partial charge in [0.2, 0.25) is 0 Å². The van der Waals surface area contributed by atoms with E-state index in [2.05, 4.69) is 14.7 Å². The SMILES string of the molecule is CC(C)(O)c1ccc(S(N)(=O)=NC(=O)Nc2cc3c(c4c2CCC4)CCC3)cn1. The Morgan fingerprint density at radius 1 is 1.17 bits per heavy atom. The molecule has 2 aliphatic carbocycles. The summed E-state index contributed by atoms with van der Waals surface area (Å²) in [5.41, 5.74) is 5.33. The van der Waals surface area contributed by atoms with Crippen LogP contribution in [-0.4, -0.2) is 20.3 Å². The quantitative estimate of drug-likeness (QED) is 0.714. The first kappa shape index (κ1) is 20.0. The molecule has 8 heteroatoms. The molecule has 1 aromatic carbocycles. The van der Waals surface area contributed by atoms with Crippen molar-refractivity contribution in [3.05, 3.63) is 52.3 Å². The molecule has 154 valence electrons. The van der Waals surface area contributed by atoms with Crippen LogP contribution in [0.2, 0.25) is 0 Å². The molecule has 2 amide bonds. The molecule has 0 radical (unpaired) electrons. The van der Waals surface area contributed by atoms with E-state index in [0.717, 1.165) is 44.2 Å². The molecule has 7 nitrogen and oxygen atoms in total. The van der Waals surface area contributed by atoms with Gasteiger partial charge in [-0.2, -0.15) is 0 Å². The van der Waals surface area contributed by atoms with Gasteiger partial charge in [-0.15, -0.1) is 4.36 Å². The number of urea groups is 1. The second kappa shape index (κ2) is 7.19. The van der Waals surface area contributed by atoms with Crippen LogP contribution in [0.5, 0.6) is 0 Å². The first-order chi connectivity index (χ1) is 13.6. The molecule has 4 rings (SSSR count). The molecular formula is C21H26N4O3S. The average molecular weight is 415 g/mol. The molecule has 0 saturated heterocycles. The molecule has 0 saturated carbocycles. The minimum absolute atomic E-state index is 0.139. The number of benzene rings is 1. The van der Waals surface area contributed by atoms with Crippen LogP contribution in [0.4, 0.5) is 10.5 Å². The maximum absolute atomic E-state index is 12.8. The first-order valence-corrected chi connectivity index (χ1v) is 11.4. The summed E-state index contributed by atoms with van der Waals surface area (Å²) in [5, 5.41) is 18.6. The number of nitrogens with zero attached hydrogens (tertiary/aromatic N) is 2. The lowest BCUT2D eigenvalue weighted by Gasteiger charge is -2.16. The highest BCUT2D eigenvalue weighted by atomic mass is 32.2. The van der Waals surface area contributed by atoms with Gasteiger partial charge in [-0.05, 0) is 92.8 Å². The summed E-state index contributed by atoms with van der Waals surface area (Å²) in [6, 6.07) is 4.32. The van der Waals surface area contributed by atoms with Crippen LogP contribution in [0.25, 0.3) is 0 Å². The summed E-state index contributed by atoms with van der Waals surface area (Å²) in [6.45, 7) is 3.20. The van der Waals surface area contributed by atoms with Crippen LogP contribution in [0.3, 0.4) is 0 Å². The first-order valence-electron chi connectivity index (χ1n) is 9.86. The summed E-state index contributed by atoms with van der Waals surface area (Å²) < 4.78 is 16.6. The molecule has 4 N–H and O–H groups in total. The number of rotatable bonds is 3. The van der Waals surface area contributed by atoms with Crippen LogP contribution in [0.15, 0.2) is 33.7 Å². The molecule has 1 atom stereocenters. The van der Waals surface area contributed by atoms with Crippen molar-refractivity contribution in [2.75, 3.05) is 5.32 Å². The molecule has 1 heterocycles. The van der Waals surface area contributed by atoms with E-state index >= 15 is 0 Å². The molecule has 0 spiro atoms. The second-order valence-electron chi connectivity index (χ2n) is 8.25. The Bertz CT molecular complexity index is 1090. The number of nitrogens with one attached hydrogen (secondary N) is 1. The van der Waals surface area contributed by atoms with Crippen molar-refractivity contribution in [1.82, 2.24) is 4.98 Å². The zero-order valence-corrected chi connectivity index (χ0v) is 17.5. The van der Waals surface area contributed by atoms with Crippen molar-refractivity contribution in [1.29, 1.82) is 0 Å². The monoisotopic (exact) mass is 414 g/mol. The van der Waals surface area contributed by atoms with Gasteiger partial charge in [0, 0.05) is 11.9 Å². The minimum Gasteiger partial charge on any atom is -0.384 e. The van der Waals surface area contributed by atoms with E-state index < -0.39 is 21.5 Å². The lowest BCUT2D eigenvalue weighted by atomic mass is 9.98. The average Bonchev–Trinajstić information content (AvgIpc) is 3.29. The highest BCUT2D eigenvalue weighted by molar-refractivity contribution is 7.91. The molecule has 0 aliphatic heterocycles. The number of anilines is 1. The topological polar surface area (TPSA) is 118 Å². The number of carbonyl (C=O) groups is 1. The smallest absolute Gasteiger partial charge is 0.354 e. The summed E-state index contributed by atoms with van der Waals surface area (Å²) in [5.74, 6) is 0. The Morgan fingerprint density at radius 3 is 2.55 bits per heavy atom. The highest BCUT2D eigenvalue weighted by Gasteiger charge is 2.25. The number of hydrogen-bond acceptors (Lipinski definition) is 4. The molecule has 2 aliphatic rings. The third-order valence-corrected chi connectivity index (χ3v) is 7.00. The Kier molecular flexibility index (Phi) is 4.96. The number of aromatic nitrogens is 1. The normalized spacial score (nSPS) is 17.4. The van der Waals surface area contributed by atoms with E-state index in [1.165, 1.54) is 40.6 Å². The van der Waals surface area contributed by atoms with Gasteiger partial charge in [0.25, 0.3) is 0 Å². The fourth-order valence-electron chi connectivity index (χ4n) is 4.25. The third-order valence-electron chi connectivity index (χ3n) is 5.65. The maximum atomic E-state index is 12.8. The van der Waals surface area contributed by atoms with Crippen LogP contribution in [0, 0.1) is 0 Å². The number of fused-ring (bicyclic) bond motifs is 3. The van der Waals surface area contributed by atoms with E-state index in [4.69, 9.17) is 5.14 Å². The van der Waals surface area contributed by atoms with Gasteiger partial charge in [0.1, 0.15) is 15.5 Å². The predicted octanol–water partition coefficient (Wildman–Crippen LogP) is 3.22. The zero-order valence-electron chi connectivity index (χ0n) is 16.7. The predicted molar refractivity (Wildman–Crippen MR) is 112 cm³/mol. The van der Waals surface area contributed by atoms with Crippen LogP contribution >= 0.6 is 0 Å². The lowest BCUT2D eigenvalue weighted by molar-refractivity contribution is 0.0737. The number of hydrogen-bond donors (Lipinski definition) is 3. The fraction of sp³-hybridized carbons (Fsp3) is 0.429. The van der Waals surface area contributed by atoms with Gasteiger partial charge < -0.3 is 10.4 Å². The van der Waals surface area contributed by atoms with E-state index in [1.54, 1.807) is 13.8 Å².